The van der Waals surface area contributed by atoms with E-state index in [1.807, 2.05) is 0 Å². The highest BCUT2D eigenvalue weighted by Gasteiger charge is 2.23. The van der Waals surface area contributed by atoms with Crippen molar-refractivity contribution in [3.05, 3.63) is 70.4 Å². The smallest absolute Gasteiger partial charge is 0.408 e. The molecule has 0 bridgehead atoms. The van der Waals surface area contributed by atoms with Crippen molar-refractivity contribution < 1.29 is 19.1 Å². The van der Waals surface area contributed by atoms with E-state index >= 15 is 0 Å². The maximum absolute atomic E-state index is 12.1. The van der Waals surface area contributed by atoms with Crippen molar-refractivity contribution >= 4 is 17.7 Å². The SMILES string of the molecule is N#CCOC(=O)[C@H](Cc1cccnc1)NC(=O)OCc1ccc(N=[N+]=[N-])cc1. The van der Waals surface area contributed by atoms with Gasteiger partial charge in [0.15, 0.2) is 6.61 Å². The quantitative estimate of drug-likeness (QED) is 0.322. The molecule has 1 N–H and O–H groups in total. The Balaban J connectivity index is 1.95. The summed E-state index contributed by atoms with van der Waals surface area (Å²) in [5, 5.41) is 14.4. The van der Waals surface area contributed by atoms with Crippen molar-refractivity contribution in [2.75, 3.05) is 6.61 Å². The van der Waals surface area contributed by atoms with E-state index in [2.05, 4.69) is 20.3 Å². The number of ether oxygens (including phenoxy) is 2. The number of carbonyl (C=O) groups excluding carboxylic acids is 2. The van der Waals surface area contributed by atoms with E-state index in [0.29, 0.717) is 16.8 Å². The van der Waals surface area contributed by atoms with Crippen LogP contribution in [0.5, 0.6) is 0 Å². The zero-order chi connectivity index (χ0) is 20.2. The number of amides is 1. The van der Waals surface area contributed by atoms with Crippen molar-refractivity contribution in [2.24, 2.45) is 5.11 Å². The number of esters is 1. The molecule has 0 unspecified atom stereocenters. The fourth-order valence-electron chi connectivity index (χ4n) is 2.20. The lowest BCUT2D eigenvalue weighted by Crippen LogP contribution is -2.43. The van der Waals surface area contributed by atoms with Crippen molar-refractivity contribution in [3.8, 4) is 6.07 Å². The normalized spacial score (nSPS) is 10.7. The molecule has 0 saturated carbocycles. The van der Waals surface area contributed by atoms with Crippen LogP contribution in [0.3, 0.4) is 0 Å². The zero-order valence-corrected chi connectivity index (χ0v) is 14.7. The number of azide groups is 1. The molecule has 1 amide bonds. The third-order valence-corrected chi connectivity index (χ3v) is 3.48. The molecule has 0 radical (unpaired) electrons. The number of alkyl carbamates (subject to hydrolysis) is 1. The Labute approximate surface area is 160 Å². The number of benzene rings is 1. The van der Waals surface area contributed by atoms with Crippen LogP contribution in [0.15, 0.2) is 53.9 Å². The fraction of sp³-hybridized carbons (Fsp3) is 0.222. The number of pyridine rings is 1. The van der Waals surface area contributed by atoms with Gasteiger partial charge < -0.3 is 14.8 Å². The lowest BCUT2D eigenvalue weighted by Gasteiger charge is -2.17. The summed E-state index contributed by atoms with van der Waals surface area (Å²) in [6.45, 7) is -0.466. The van der Waals surface area contributed by atoms with Gasteiger partial charge in [-0.3, -0.25) is 4.98 Å². The number of carbonyl (C=O) groups is 2. The Morgan fingerprint density at radius 2 is 2.04 bits per heavy atom. The van der Waals surface area contributed by atoms with E-state index in [1.165, 1.54) is 0 Å². The van der Waals surface area contributed by atoms with Gasteiger partial charge in [0.1, 0.15) is 18.7 Å². The molecule has 2 rings (SSSR count). The number of hydrogen-bond donors (Lipinski definition) is 1. The van der Waals surface area contributed by atoms with Crippen molar-refractivity contribution in [2.45, 2.75) is 19.1 Å². The molecule has 1 heterocycles. The summed E-state index contributed by atoms with van der Waals surface area (Å²) in [5.41, 5.74) is 10.2. The predicted molar refractivity (Wildman–Crippen MR) is 96.9 cm³/mol. The van der Waals surface area contributed by atoms with Crippen LogP contribution in [0.25, 0.3) is 10.4 Å². The Kier molecular flexibility index (Phi) is 7.80. The standard InChI is InChI=1S/C18H16N6O4/c19-7-9-27-17(25)16(10-14-2-1-8-21-11-14)22-18(26)28-12-13-3-5-15(6-4-13)23-24-20/h1-6,8,11,16H,9-10,12H2,(H,22,26)/t16-/m0/s1. The number of hydrogen-bond acceptors (Lipinski definition) is 7. The first-order chi connectivity index (χ1) is 13.6. The molecule has 0 aliphatic carbocycles. The monoisotopic (exact) mass is 380 g/mol. The maximum atomic E-state index is 12.1. The highest BCUT2D eigenvalue weighted by Crippen LogP contribution is 2.13. The first-order valence-corrected chi connectivity index (χ1v) is 8.12. The second-order valence-corrected chi connectivity index (χ2v) is 5.46. The summed E-state index contributed by atoms with van der Waals surface area (Å²) in [4.78, 5) is 30.8. The minimum atomic E-state index is -1.03. The van der Waals surface area contributed by atoms with Crippen LogP contribution >= 0.6 is 0 Å². The molecule has 0 saturated heterocycles. The van der Waals surface area contributed by atoms with Crippen LogP contribution in [0.4, 0.5) is 10.5 Å². The first-order valence-electron chi connectivity index (χ1n) is 8.12. The molecule has 10 heteroatoms. The van der Waals surface area contributed by atoms with E-state index < -0.39 is 24.7 Å². The lowest BCUT2D eigenvalue weighted by atomic mass is 10.1. The average Bonchev–Trinajstić information content (AvgIpc) is 2.72. The topological polar surface area (TPSA) is 150 Å². The summed E-state index contributed by atoms with van der Waals surface area (Å²) < 4.78 is 9.90. The molecule has 1 aromatic heterocycles. The number of nitrogens with zero attached hydrogens (tertiary/aromatic N) is 5. The summed E-state index contributed by atoms with van der Waals surface area (Å²) >= 11 is 0. The number of nitrogens with one attached hydrogen (secondary N) is 1. The Hall–Kier alpha value is -4.09. The van der Waals surface area contributed by atoms with Crippen LogP contribution in [0.2, 0.25) is 0 Å². The van der Waals surface area contributed by atoms with E-state index in [4.69, 9.17) is 20.3 Å². The van der Waals surface area contributed by atoms with E-state index in [0.717, 1.165) is 0 Å². The number of nitriles is 1. The molecule has 0 fully saturated rings. The fourth-order valence-corrected chi connectivity index (χ4v) is 2.20. The van der Waals surface area contributed by atoms with Gasteiger partial charge in [0.2, 0.25) is 0 Å². The number of aromatic nitrogens is 1. The minimum absolute atomic E-state index is 0.0464. The molecular formula is C18H16N6O4. The van der Waals surface area contributed by atoms with Crippen molar-refractivity contribution in [3.63, 3.8) is 0 Å². The third kappa shape index (κ3) is 6.67. The minimum Gasteiger partial charge on any atom is -0.449 e. The maximum Gasteiger partial charge on any atom is 0.408 e. The third-order valence-electron chi connectivity index (χ3n) is 3.48. The molecule has 142 valence electrons. The second kappa shape index (κ2) is 10.8. The molecule has 0 aliphatic rings. The van der Waals surface area contributed by atoms with Gasteiger partial charge in [0, 0.05) is 29.4 Å². The summed E-state index contributed by atoms with van der Waals surface area (Å²) in [5.74, 6) is -0.749. The van der Waals surface area contributed by atoms with Crippen LogP contribution in [-0.4, -0.2) is 29.7 Å². The largest absolute Gasteiger partial charge is 0.449 e. The van der Waals surface area contributed by atoms with Gasteiger partial charge in [-0.2, -0.15) is 5.26 Å². The second-order valence-electron chi connectivity index (χ2n) is 5.46. The van der Waals surface area contributed by atoms with Crippen LogP contribution < -0.4 is 5.32 Å². The highest BCUT2D eigenvalue weighted by atomic mass is 16.6. The molecule has 1 atom stereocenters. The van der Waals surface area contributed by atoms with Gasteiger partial charge in [0.05, 0.1) is 0 Å². The molecule has 28 heavy (non-hydrogen) atoms. The Bertz CT molecular complexity index is 889. The van der Waals surface area contributed by atoms with Crippen molar-refractivity contribution in [1.82, 2.24) is 10.3 Å². The lowest BCUT2D eigenvalue weighted by molar-refractivity contribution is -0.144. The molecule has 2 aromatic rings. The Morgan fingerprint density at radius 3 is 2.68 bits per heavy atom. The average molecular weight is 380 g/mol. The van der Waals surface area contributed by atoms with E-state index in [-0.39, 0.29) is 13.0 Å². The number of rotatable bonds is 8. The molecular weight excluding hydrogens is 364 g/mol. The zero-order valence-electron chi connectivity index (χ0n) is 14.7. The van der Waals surface area contributed by atoms with Crippen LogP contribution in [0, 0.1) is 11.3 Å². The van der Waals surface area contributed by atoms with Gasteiger partial charge in [-0.1, -0.05) is 35.4 Å². The van der Waals surface area contributed by atoms with Gasteiger partial charge in [-0.25, -0.2) is 9.59 Å². The van der Waals surface area contributed by atoms with Crippen LogP contribution in [0.1, 0.15) is 11.1 Å². The predicted octanol–water partition coefficient (Wildman–Crippen LogP) is 2.93. The van der Waals surface area contributed by atoms with Gasteiger partial charge in [0.25, 0.3) is 0 Å². The first kappa shape index (κ1) is 20.2. The highest BCUT2D eigenvalue weighted by molar-refractivity contribution is 5.81. The Morgan fingerprint density at radius 1 is 1.25 bits per heavy atom. The van der Waals surface area contributed by atoms with E-state index in [9.17, 15) is 9.59 Å². The van der Waals surface area contributed by atoms with Gasteiger partial charge >= 0.3 is 12.1 Å². The molecule has 0 spiro atoms. The van der Waals surface area contributed by atoms with Gasteiger partial charge in [-0.15, -0.1) is 0 Å². The molecule has 0 aliphatic heterocycles. The van der Waals surface area contributed by atoms with Crippen molar-refractivity contribution in [1.29, 1.82) is 5.26 Å². The molecule has 10 nitrogen and oxygen atoms in total. The van der Waals surface area contributed by atoms with Crippen LogP contribution in [-0.2, 0) is 27.3 Å². The van der Waals surface area contributed by atoms with E-state index in [1.54, 1.807) is 54.9 Å². The van der Waals surface area contributed by atoms with Gasteiger partial charge in [-0.05, 0) is 22.7 Å². The summed E-state index contributed by atoms with van der Waals surface area (Å²) in [7, 11) is 0. The summed E-state index contributed by atoms with van der Waals surface area (Å²) in [6, 6.07) is 10.6. The molecule has 1 aromatic carbocycles. The summed E-state index contributed by atoms with van der Waals surface area (Å²) in [6.07, 6.45) is 2.46.